The Morgan fingerprint density at radius 3 is 2.88 bits per heavy atom. The van der Waals surface area contributed by atoms with Crippen LogP contribution in [0.1, 0.15) is 29.7 Å². The van der Waals surface area contributed by atoms with E-state index in [1.54, 1.807) is 11.3 Å². The lowest BCUT2D eigenvalue weighted by Gasteiger charge is -2.43. The Bertz CT molecular complexity index is 936. The number of ether oxygens (including phenoxy) is 1. The van der Waals surface area contributed by atoms with Crippen molar-refractivity contribution in [3.63, 3.8) is 0 Å². The smallest absolute Gasteiger partial charge is 0.227 e. The number of carbonyl (C=O) groups excluding carboxylic acids is 1. The topological polar surface area (TPSA) is 45.3 Å². The molecule has 1 N–H and O–H groups in total. The number of hydrogen-bond acceptors (Lipinski definition) is 3. The van der Waals surface area contributed by atoms with Crippen molar-refractivity contribution < 1.29 is 9.53 Å². The number of H-pyrrole nitrogens is 1. The minimum atomic E-state index is -0.258. The van der Waals surface area contributed by atoms with Gasteiger partial charge in [0.05, 0.1) is 18.7 Å². The number of para-hydroxylation sites is 1. The minimum absolute atomic E-state index is 0.228. The van der Waals surface area contributed by atoms with Crippen LogP contribution in [0, 0.1) is 0 Å². The highest BCUT2D eigenvalue weighted by Crippen LogP contribution is 2.43. The third-order valence-electron chi connectivity index (χ3n) is 5.86. The zero-order chi connectivity index (χ0) is 17.6. The van der Waals surface area contributed by atoms with Gasteiger partial charge in [0, 0.05) is 24.0 Å². The number of thiophene rings is 1. The van der Waals surface area contributed by atoms with Crippen molar-refractivity contribution >= 4 is 28.1 Å². The van der Waals surface area contributed by atoms with Crippen LogP contribution >= 0.6 is 11.3 Å². The van der Waals surface area contributed by atoms with Crippen molar-refractivity contribution in [2.75, 3.05) is 19.7 Å². The number of hydrogen-bond donors (Lipinski definition) is 1. The first-order chi connectivity index (χ1) is 12.8. The monoisotopic (exact) mass is 366 g/mol. The zero-order valence-corrected chi connectivity index (χ0v) is 15.5. The molecule has 2 aliphatic rings. The molecule has 4 heterocycles. The molecule has 0 atom stereocenters. The van der Waals surface area contributed by atoms with Crippen LogP contribution in [-0.2, 0) is 28.0 Å². The maximum atomic E-state index is 12.6. The number of aromatic nitrogens is 1. The van der Waals surface area contributed by atoms with Crippen molar-refractivity contribution in [2.24, 2.45) is 0 Å². The predicted octanol–water partition coefficient (Wildman–Crippen LogP) is 3.86. The van der Waals surface area contributed by atoms with Crippen LogP contribution < -0.4 is 0 Å². The SMILES string of the molecule is O=C(Cc1ccsc1)N1CCC2(CC1)OCCc1c2[nH]c2ccccc12. The average Bonchev–Trinajstić information content (AvgIpc) is 3.31. The Labute approximate surface area is 156 Å². The lowest BCUT2D eigenvalue weighted by atomic mass is 9.83. The molecule has 1 spiro atoms. The molecular formula is C21H22N2O2S. The lowest BCUT2D eigenvalue weighted by molar-refractivity contribution is -0.140. The molecule has 0 saturated carbocycles. The summed E-state index contributed by atoms with van der Waals surface area (Å²) in [5.74, 6) is 0.228. The molecular weight excluding hydrogens is 344 g/mol. The van der Waals surface area contributed by atoms with E-state index in [4.69, 9.17) is 4.74 Å². The van der Waals surface area contributed by atoms with Gasteiger partial charge in [-0.2, -0.15) is 11.3 Å². The first-order valence-corrected chi connectivity index (χ1v) is 10.2. The van der Waals surface area contributed by atoms with E-state index in [-0.39, 0.29) is 11.5 Å². The van der Waals surface area contributed by atoms with E-state index in [1.807, 2.05) is 16.3 Å². The van der Waals surface area contributed by atoms with Gasteiger partial charge >= 0.3 is 0 Å². The van der Waals surface area contributed by atoms with Gasteiger partial charge in [-0.05, 0) is 53.3 Å². The van der Waals surface area contributed by atoms with E-state index in [0.717, 1.165) is 44.5 Å². The van der Waals surface area contributed by atoms with Gasteiger partial charge < -0.3 is 14.6 Å². The summed E-state index contributed by atoms with van der Waals surface area (Å²) >= 11 is 1.65. The van der Waals surface area contributed by atoms with Crippen LogP contribution in [0.15, 0.2) is 41.1 Å². The number of likely N-dealkylation sites (tertiary alicyclic amines) is 1. The van der Waals surface area contributed by atoms with Gasteiger partial charge in [-0.1, -0.05) is 18.2 Å². The fraction of sp³-hybridized carbons (Fsp3) is 0.381. The fourth-order valence-electron chi connectivity index (χ4n) is 4.46. The van der Waals surface area contributed by atoms with Gasteiger partial charge in [-0.15, -0.1) is 0 Å². The molecule has 0 radical (unpaired) electrons. The second-order valence-electron chi connectivity index (χ2n) is 7.31. The van der Waals surface area contributed by atoms with Gasteiger partial charge in [0.25, 0.3) is 0 Å². The van der Waals surface area contributed by atoms with Gasteiger partial charge in [-0.25, -0.2) is 0 Å². The molecule has 0 aliphatic carbocycles. The molecule has 0 unspecified atom stereocenters. The molecule has 1 fully saturated rings. The quantitative estimate of drug-likeness (QED) is 0.748. The molecule has 2 aliphatic heterocycles. The Morgan fingerprint density at radius 1 is 1.23 bits per heavy atom. The molecule has 5 heteroatoms. The Balaban J connectivity index is 1.37. The van der Waals surface area contributed by atoms with E-state index in [1.165, 1.54) is 22.2 Å². The Kier molecular flexibility index (Phi) is 3.87. The third kappa shape index (κ3) is 2.58. The zero-order valence-electron chi connectivity index (χ0n) is 14.7. The second-order valence-corrected chi connectivity index (χ2v) is 8.09. The van der Waals surface area contributed by atoms with Crippen LogP contribution in [0.2, 0.25) is 0 Å². The van der Waals surface area contributed by atoms with E-state index in [2.05, 4.69) is 34.6 Å². The summed E-state index contributed by atoms with van der Waals surface area (Å²) in [5.41, 5.74) is 4.71. The summed E-state index contributed by atoms with van der Waals surface area (Å²) in [4.78, 5) is 18.2. The largest absolute Gasteiger partial charge is 0.368 e. The number of rotatable bonds is 2. The molecule has 1 saturated heterocycles. The van der Waals surface area contributed by atoms with E-state index in [9.17, 15) is 4.79 Å². The van der Waals surface area contributed by atoms with E-state index in [0.29, 0.717) is 6.42 Å². The lowest BCUT2D eigenvalue weighted by Crippen LogP contribution is -2.48. The second kappa shape index (κ2) is 6.25. The molecule has 0 bridgehead atoms. The van der Waals surface area contributed by atoms with Crippen LogP contribution in [0.25, 0.3) is 10.9 Å². The van der Waals surface area contributed by atoms with Crippen molar-refractivity contribution in [3.8, 4) is 0 Å². The fourth-order valence-corrected chi connectivity index (χ4v) is 5.13. The summed E-state index contributed by atoms with van der Waals surface area (Å²) in [5, 5.41) is 5.41. The highest BCUT2D eigenvalue weighted by molar-refractivity contribution is 7.08. The Morgan fingerprint density at radius 2 is 2.08 bits per heavy atom. The standard InChI is InChI=1S/C21H22N2O2S/c24-19(13-15-6-12-26-14-15)23-9-7-21(8-10-23)20-17(5-11-25-21)16-3-1-2-4-18(16)22-20/h1-4,6,12,14,22H,5,7-11,13H2. The number of fused-ring (bicyclic) bond motifs is 4. The molecule has 1 aromatic carbocycles. The number of aromatic amines is 1. The van der Waals surface area contributed by atoms with Crippen LogP contribution in [0.4, 0.5) is 0 Å². The maximum absolute atomic E-state index is 12.6. The average molecular weight is 366 g/mol. The van der Waals surface area contributed by atoms with Gasteiger partial charge in [-0.3, -0.25) is 4.79 Å². The van der Waals surface area contributed by atoms with Crippen LogP contribution in [-0.4, -0.2) is 35.5 Å². The normalized spacial score (nSPS) is 19.0. The van der Waals surface area contributed by atoms with E-state index >= 15 is 0 Å². The van der Waals surface area contributed by atoms with Gasteiger partial charge in [0.15, 0.2) is 0 Å². The summed E-state index contributed by atoms with van der Waals surface area (Å²) in [7, 11) is 0. The summed E-state index contributed by atoms with van der Waals surface area (Å²) in [6.07, 6.45) is 3.20. The van der Waals surface area contributed by atoms with Crippen molar-refractivity contribution in [1.82, 2.24) is 9.88 Å². The molecule has 134 valence electrons. The van der Waals surface area contributed by atoms with Gasteiger partial charge in [0.2, 0.25) is 5.91 Å². The minimum Gasteiger partial charge on any atom is -0.368 e. The molecule has 1 amide bonds. The number of nitrogens with zero attached hydrogens (tertiary/aromatic N) is 1. The van der Waals surface area contributed by atoms with Gasteiger partial charge in [0.1, 0.15) is 5.60 Å². The number of nitrogens with one attached hydrogen (secondary N) is 1. The first-order valence-electron chi connectivity index (χ1n) is 9.28. The summed E-state index contributed by atoms with van der Waals surface area (Å²) in [6, 6.07) is 10.5. The number of piperidine rings is 1. The number of benzene rings is 1. The van der Waals surface area contributed by atoms with Crippen molar-refractivity contribution in [3.05, 3.63) is 57.9 Å². The van der Waals surface area contributed by atoms with Crippen LogP contribution in [0.3, 0.4) is 0 Å². The maximum Gasteiger partial charge on any atom is 0.227 e. The van der Waals surface area contributed by atoms with Crippen molar-refractivity contribution in [1.29, 1.82) is 0 Å². The number of carbonyl (C=O) groups is 1. The summed E-state index contributed by atoms with van der Waals surface area (Å²) < 4.78 is 6.33. The molecule has 4 nitrogen and oxygen atoms in total. The Hall–Kier alpha value is -2.11. The molecule has 26 heavy (non-hydrogen) atoms. The number of amides is 1. The highest BCUT2D eigenvalue weighted by Gasteiger charge is 2.43. The highest BCUT2D eigenvalue weighted by atomic mass is 32.1. The van der Waals surface area contributed by atoms with Crippen molar-refractivity contribution in [2.45, 2.75) is 31.3 Å². The first kappa shape index (κ1) is 16.1. The third-order valence-corrected chi connectivity index (χ3v) is 6.59. The summed E-state index contributed by atoms with van der Waals surface area (Å²) in [6.45, 7) is 2.28. The molecule has 5 rings (SSSR count). The van der Waals surface area contributed by atoms with E-state index < -0.39 is 0 Å². The predicted molar refractivity (Wildman–Crippen MR) is 103 cm³/mol. The molecule has 3 aromatic rings. The van der Waals surface area contributed by atoms with Crippen LogP contribution in [0.5, 0.6) is 0 Å². The molecule has 2 aromatic heterocycles.